The third kappa shape index (κ3) is 4.49. The van der Waals surface area contributed by atoms with Gasteiger partial charge in [0.2, 0.25) is 0 Å². The molecule has 0 amide bonds. The van der Waals surface area contributed by atoms with Crippen LogP contribution in [0, 0.1) is 0 Å². The molecule has 0 unspecified atom stereocenters. The second kappa shape index (κ2) is 6.02. The van der Waals surface area contributed by atoms with Crippen molar-refractivity contribution in [3.63, 3.8) is 0 Å². The molecule has 1 aromatic heterocycles. The van der Waals surface area contributed by atoms with E-state index in [-0.39, 0.29) is 17.2 Å². The molecule has 0 saturated carbocycles. The molecule has 6 nitrogen and oxygen atoms in total. The lowest BCUT2D eigenvalue weighted by Crippen LogP contribution is -2.53. The van der Waals surface area contributed by atoms with Crippen molar-refractivity contribution < 1.29 is 9.47 Å². The number of nitrogens with zero attached hydrogens (tertiary/aromatic N) is 4. The fraction of sp³-hybridized carbons (Fsp3) is 0.867. The van der Waals surface area contributed by atoms with E-state index in [9.17, 15) is 0 Å². The molecular weight excluding hydrogens is 268 g/mol. The topological polar surface area (TPSA) is 52.4 Å². The summed E-state index contributed by atoms with van der Waals surface area (Å²) in [5, 5.41) is 8.52. The SMILES string of the molecule is COC[C@H]1CN(Cc2cn(C(C)(C)C)nn2)CC(C)(C)O1. The molecule has 0 radical (unpaired) electrons. The van der Waals surface area contributed by atoms with Crippen LogP contribution in [-0.4, -0.2) is 58.4 Å². The van der Waals surface area contributed by atoms with Crippen molar-refractivity contribution in [2.24, 2.45) is 0 Å². The number of hydrogen-bond acceptors (Lipinski definition) is 5. The van der Waals surface area contributed by atoms with Gasteiger partial charge in [-0.05, 0) is 34.6 Å². The molecule has 1 atom stereocenters. The molecule has 0 bridgehead atoms. The number of hydrogen-bond donors (Lipinski definition) is 0. The van der Waals surface area contributed by atoms with E-state index in [0.717, 1.165) is 25.3 Å². The first-order valence-electron chi connectivity index (χ1n) is 7.50. The minimum absolute atomic E-state index is 0.0336. The Hall–Kier alpha value is -0.980. The molecule has 1 aliphatic heterocycles. The van der Waals surface area contributed by atoms with Crippen molar-refractivity contribution in [1.29, 1.82) is 0 Å². The highest BCUT2D eigenvalue weighted by Crippen LogP contribution is 2.22. The van der Waals surface area contributed by atoms with E-state index in [2.05, 4.69) is 49.8 Å². The summed E-state index contributed by atoms with van der Waals surface area (Å²) in [5.74, 6) is 0. The predicted molar refractivity (Wildman–Crippen MR) is 81.1 cm³/mol. The van der Waals surface area contributed by atoms with E-state index in [1.807, 2.05) is 10.9 Å². The van der Waals surface area contributed by atoms with Gasteiger partial charge in [0.15, 0.2) is 0 Å². The molecule has 2 rings (SSSR count). The third-order valence-electron chi connectivity index (χ3n) is 3.52. The van der Waals surface area contributed by atoms with E-state index in [0.29, 0.717) is 6.61 Å². The Morgan fingerprint density at radius 3 is 2.71 bits per heavy atom. The van der Waals surface area contributed by atoms with Gasteiger partial charge in [-0.1, -0.05) is 5.21 Å². The lowest BCUT2D eigenvalue weighted by atomic mass is 10.1. The van der Waals surface area contributed by atoms with Crippen molar-refractivity contribution in [3.8, 4) is 0 Å². The Labute approximate surface area is 127 Å². The van der Waals surface area contributed by atoms with Crippen LogP contribution in [-0.2, 0) is 21.6 Å². The van der Waals surface area contributed by atoms with Gasteiger partial charge in [-0.3, -0.25) is 4.90 Å². The lowest BCUT2D eigenvalue weighted by Gasteiger charge is -2.42. The van der Waals surface area contributed by atoms with Crippen molar-refractivity contribution in [1.82, 2.24) is 19.9 Å². The second-order valence-corrected chi connectivity index (χ2v) is 7.45. The van der Waals surface area contributed by atoms with Crippen LogP contribution in [0.15, 0.2) is 6.20 Å². The molecule has 1 aliphatic rings. The third-order valence-corrected chi connectivity index (χ3v) is 3.52. The highest BCUT2D eigenvalue weighted by molar-refractivity contribution is 4.96. The Morgan fingerprint density at radius 2 is 2.14 bits per heavy atom. The van der Waals surface area contributed by atoms with Crippen molar-refractivity contribution in [2.45, 2.75) is 58.4 Å². The highest BCUT2D eigenvalue weighted by atomic mass is 16.5. The maximum atomic E-state index is 6.03. The summed E-state index contributed by atoms with van der Waals surface area (Å²) in [6.45, 7) is 13.8. The monoisotopic (exact) mass is 296 g/mol. The zero-order chi connectivity index (χ0) is 15.7. The Morgan fingerprint density at radius 1 is 1.43 bits per heavy atom. The fourth-order valence-corrected chi connectivity index (χ4v) is 2.74. The number of ether oxygens (including phenoxy) is 2. The zero-order valence-corrected chi connectivity index (χ0v) is 14.1. The van der Waals surface area contributed by atoms with Crippen LogP contribution < -0.4 is 0 Å². The van der Waals surface area contributed by atoms with Crippen LogP contribution in [0.2, 0.25) is 0 Å². The number of rotatable bonds is 4. The lowest BCUT2D eigenvalue weighted by molar-refractivity contribution is -0.154. The van der Waals surface area contributed by atoms with Crippen LogP contribution >= 0.6 is 0 Å². The standard InChI is InChI=1S/C15H28N4O2/c1-14(2,3)19-8-12(16-17-19)7-18-9-13(10-20-6)21-15(4,5)11-18/h8,13H,7,9-11H2,1-6H3/t13-/m1/s1. The summed E-state index contributed by atoms with van der Waals surface area (Å²) in [7, 11) is 1.71. The minimum atomic E-state index is -0.165. The molecule has 120 valence electrons. The molecule has 0 aromatic carbocycles. The van der Waals surface area contributed by atoms with Gasteiger partial charge in [-0.25, -0.2) is 4.68 Å². The average molecular weight is 296 g/mol. The number of morpholine rings is 1. The van der Waals surface area contributed by atoms with E-state index >= 15 is 0 Å². The fourth-order valence-electron chi connectivity index (χ4n) is 2.74. The maximum Gasteiger partial charge on any atom is 0.0967 e. The van der Waals surface area contributed by atoms with E-state index in [1.165, 1.54) is 0 Å². The summed E-state index contributed by atoms with van der Waals surface area (Å²) in [5.41, 5.74) is 0.800. The first-order valence-corrected chi connectivity index (χ1v) is 7.50. The largest absolute Gasteiger partial charge is 0.382 e. The van der Waals surface area contributed by atoms with Gasteiger partial charge in [0.1, 0.15) is 0 Å². The van der Waals surface area contributed by atoms with Gasteiger partial charge in [-0.15, -0.1) is 5.10 Å². The molecule has 6 heteroatoms. The summed E-state index contributed by atoms with van der Waals surface area (Å²) in [6.07, 6.45) is 2.14. The highest BCUT2D eigenvalue weighted by Gasteiger charge is 2.33. The molecule has 2 heterocycles. The molecule has 1 aromatic rings. The molecule has 21 heavy (non-hydrogen) atoms. The van der Waals surface area contributed by atoms with Crippen LogP contribution in [0.3, 0.4) is 0 Å². The second-order valence-electron chi connectivity index (χ2n) is 7.45. The average Bonchev–Trinajstić information content (AvgIpc) is 2.75. The van der Waals surface area contributed by atoms with Gasteiger partial charge in [-0.2, -0.15) is 0 Å². The van der Waals surface area contributed by atoms with E-state index in [4.69, 9.17) is 9.47 Å². The predicted octanol–water partition coefficient (Wildman–Crippen LogP) is 1.66. The Kier molecular flexibility index (Phi) is 4.70. The first-order chi connectivity index (χ1) is 9.69. The van der Waals surface area contributed by atoms with Crippen molar-refractivity contribution in [2.75, 3.05) is 26.8 Å². The van der Waals surface area contributed by atoms with Crippen LogP contribution in [0.5, 0.6) is 0 Å². The van der Waals surface area contributed by atoms with E-state index in [1.54, 1.807) is 7.11 Å². The van der Waals surface area contributed by atoms with Gasteiger partial charge in [0, 0.05) is 26.7 Å². The molecular formula is C15H28N4O2. The van der Waals surface area contributed by atoms with Gasteiger partial charge in [0.05, 0.1) is 35.7 Å². The smallest absolute Gasteiger partial charge is 0.0967 e. The Balaban J connectivity index is 2.02. The molecule has 0 aliphatic carbocycles. The summed E-state index contributed by atoms with van der Waals surface area (Å²) < 4.78 is 13.2. The van der Waals surface area contributed by atoms with Crippen molar-refractivity contribution in [3.05, 3.63) is 11.9 Å². The van der Waals surface area contributed by atoms with Gasteiger partial charge >= 0.3 is 0 Å². The van der Waals surface area contributed by atoms with Crippen LogP contribution in [0.1, 0.15) is 40.3 Å². The Bertz CT molecular complexity index is 464. The molecule has 0 N–H and O–H groups in total. The van der Waals surface area contributed by atoms with Gasteiger partial charge < -0.3 is 9.47 Å². The quantitative estimate of drug-likeness (QED) is 0.846. The molecule has 1 fully saturated rings. The summed E-state index contributed by atoms with van der Waals surface area (Å²) in [6, 6.07) is 0. The minimum Gasteiger partial charge on any atom is -0.382 e. The zero-order valence-electron chi connectivity index (χ0n) is 14.1. The number of methoxy groups -OCH3 is 1. The summed E-state index contributed by atoms with van der Waals surface area (Å²) in [4.78, 5) is 2.37. The van der Waals surface area contributed by atoms with Crippen LogP contribution in [0.4, 0.5) is 0 Å². The maximum absolute atomic E-state index is 6.03. The summed E-state index contributed by atoms with van der Waals surface area (Å²) >= 11 is 0. The van der Waals surface area contributed by atoms with E-state index < -0.39 is 0 Å². The van der Waals surface area contributed by atoms with Gasteiger partial charge in [0.25, 0.3) is 0 Å². The van der Waals surface area contributed by atoms with Crippen molar-refractivity contribution >= 4 is 0 Å². The van der Waals surface area contributed by atoms with Crippen LogP contribution in [0.25, 0.3) is 0 Å². The molecule has 0 spiro atoms. The number of aromatic nitrogens is 3. The molecule has 1 saturated heterocycles. The first kappa shape index (κ1) is 16.4. The normalized spacial score (nSPS) is 23.4.